The zero-order chi connectivity index (χ0) is 34.3. The Morgan fingerprint density at radius 2 is 1.79 bits per heavy atom. The number of ketones is 2. The minimum atomic E-state index is -1.79. The van der Waals surface area contributed by atoms with Crippen molar-refractivity contribution in [3.8, 4) is 11.5 Å². The smallest absolute Gasteiger partial charge is 0.328 e. The first kappa shape index (κ1) is 34.6. The quantitative estimate of drug-likeness (QED) is 0.183. The molecule has 0 radical (unpaired) electrons. The SMILES string of the molecule is COC(=O)[C@@H](Cc1ccc(O)c(O)c1)NC(=O)CCC(=O)OCC(=O)[C@@]1(O)CC[C@H]2[C@H]3CCC4=CC(=O)CC[C@]4(C)[C@H]3[C@@H](O)C[C@]21C. The Hall–Kier alpha value is -3.77. The highest BCUT2D eigenvalue weighted by Gasteiger charge is 2.68. The van der Waals surface area contributed by atoms with Gasteiger partial charge in [-0.25, -0.2) is 4.79 Å². The molecule has 0 bridgehead atoms. The Balaban J connectivity index is 1.16. The maximum absolute atomic E-state index is 13.5. The molecular weight excluding hydrogens is 610 g/mol. The van der Waals surface area contributed by atoms with Crippen molar-refractivity contribution in [1.29, 1.82) is 0 Å². The summed E-state index contributed by atoms with van der Waals surface area (Å²) in [4.78, 5) is 63.1. The van der Waals surface area contributed by atoms with Gasteiger partial charge in [-0.2, -0.15) is 0 Å². The third-order valence-electron chi connectivity index (χ3n) is 11.7. The molecule has 1 aromatic carbocycles. The number of benzene rings is 1. The lowest BCUT2D eigenvalue weighted by Gasteiger charge is -2.60. The standard InChI is InChI=1S/C35H45NO11/c1-33-12-10-21(37)16-20(33)5-6-22-23-11-13-35(45,34(23,2)17-27(40)31(22)33)28(41)18-47-30(43)9-8-29(42)36-24(32(44)46-3)14-19-4-7-25(38)26(39)15-19/h4,7,15-16,22-24,27,31,38-40,45H,5-6,8-14,17-18H2,1-3H3,(H,36,42)/t22-,23+,24-,27+,31-,33+,34-,35+/m1/s1. The molecule has 4 aliphatic rings. The number of hydrogen-bond donors (Lipinski definition) is 5. The molecular formula is C35H45NO11. The van der Waals surface area contributed by atoms with Crippen molar-refractivity contribution in [3.63, 3.8) is 0 Å². The first-order valence-corrected chi connectivity index (χ1v) is 16.3. The van der Waals surface area contributed by atoms with Crippen molar-refractivity contribution >= 4 is 29.4 Å². The third-order valence-corrected chi connectivity index (χ3v) is 11.7. The van der Waals surface area contributed by atoms with E-state index >= 15 is 0 Å². The molecule has 0 aliphatic heterocycles. The van der Waals surface area contributed by atoms with Crippen molar-refractivity contribution < 1.29 is 53.9 Å². The number of methoxy groups -OCH3 is 1. The second kappa shape index (κ2) is 13.0. The van der Waals surface area contributed by atoms with E-state index in [9.17, 15) is 44.4 Å². The van der Waals surface area contributed by atoms with Gasteiger partial charge in [0.05, 0.1) is 19.6 Å². The van der Waals surface area contributed by atoms with E-state index in [1.54, 1.807) is 6.08 Å². The molecule has 5 rings (SSSR count). The highest BCUT2D eigenvalue weighted by atomic mass is 16.5. The van der Waals surface area contributed by atoms with Gasteiger partial charge in [0.1, 0.15) is 11.6 Å². The van der Waals surface area contributed by atoms with Crippen LogP contribution in [0.15, 0.2) is 29.8 Å². The highest BCUT2D eigenvalue weighted by Crippen LogP contribution is 2.67. The van der Waals surface area contributed by atoms with Crippen molar-refractivity contribution in [3.05, 3.63) is 35.4 Å². The number of amides is 1. The molecule has 8 atom stereocenters. The molecule has 0 spiro atoms. The van der Waals surface area contributed by atoms with Gasteiger partial charge in [-0.05, 0) is 85.5 Å². The summed E-state index contributed by atoms with van der Waals surface area (Å²) in [6, 6.07) is 2.85. The average Bonchev–Trinajstić information content (AvgIpc) is 3.30. The van der Waals surface area contributed by atoms with E-state index in [4.69, 9.17) is 9.47 Å². The van der Waals surface area contributed by atoms with Crippen molar-refractivity contribution in [2.45, 2.75) is 95.8 Å². The second-order valence-electron chi connectivity index (χ2n) is 14.2. The van der Waals surface area contributed by atoms with Gasteiger partial charge in [0.15, 0.2) is 23.9 Å². The number of nitrogens with one attached hydrogen (secondary N) is 1. The Labute approximate surface area is 273 Å². The molecule has 12 nitrogen and oxygen atoms in total. The van der Waals surface area contributed by atoms with Gasteiger partial charge in [-0.1, -0.05) is 25.5 Å². The minimum Gasteiger partial charge on any atom is -0.504 e. The number of rotatable bonds is 10. The average molecular weight is 656 g/mol. The van der Waals surface area contributed by atoms with Crippen LogP contribution < -0.4 is 5.32 Å². The van der Waals surface area contributed by atoms with E-state index in [0.717, 1.165) is 25.5 Å². The van der Waals surface area contributed by atoms with E-state index < -0.39 is 53.4 Å². The number of Topliss-reactive ketones (excluding diaryl/α,β-unsaturated/α-hetero) is 1. The number of ether oxygens (including phenoxy) is 2. The number of esters is 2. The molecule has 3 saturated carbocycles. The first-order chi connectivity index (χ1) is 22.1. The topological polar surface area (TPSA) is 197 Å². The van der Waals surface area contributed by atoms with Crippen LogP contribution in [0, 0.1) is 28.6 Å². The van der Waals surface area contributed by atoms with Crippen LogP contribution in [0.25, 0.3) is 0 Å². The number of carbonyl (C=O) groups is 5. The number of phenolic OH excluding ortho intramolecular Hbond substituents is 2. The highest BCUT2D eigenvalue weighted by molar-refractivity contribution is 5.92. The van der Waals surface area contributed by atoms with Gasteiger partial charge in [-0.3, -0.25) is 19.2 Å². The van der Waals surface area contributed by atoms with E-state index in [1.807, 2.05) is 6.92 Å². The number of aliphatic hydroxyl groups is 2. The molecule has 0 saturated heterocycles. The number of aliphatic hydroxyl groups excluding tert-OH is 1. The fraction of sp³-hybridized carbons (Fsp3) is 0.629. The van der Waals surface area contributed by atoms with Crippen LogP contribution in [0.5, 0.6) is 11.5 Å². The fourth-order valence-electron chi connectivity index (χ4n) is 9.24. The fourth-order valence-corrected chi connectivity index (χ4v) is 9.24. The third kappa shape index (κ3) is 6.29. The Morgan fingerprint density at radius 3 is 2.49 bits per heavy atom. The molecule has 1 amide bonds. The first-order valence-electron chi connectivity index (χ1n) is 16.3. The maximum atomic E-state index is 13.5. The number of aromatic hydroxyl groups is 2. The summed E-state index contributed by atoms with van der Waals surface area (Å²) in [5, 5.41) is 45.1. The van der Waals surface area contributed by atoms with Crippen molar-refractivity contribution in [1.82, 2.24) is 5.32 Å². The van der Waals surface area contributed by atoms with Gasteiger partial charge >= 0.3 is 11.9 Å². The van der Waals surface area contributed by atoms with E-state index in [0.29, 0.717) is 24.8 Å². The molecule has 0 unspecified atom stereocenters. The summed E-state index contributed by atoms with van der Waals surface area (Å²) in [7, 11) is 1.15. The maximum Gasteiger partial charge on any atom is 0.328 e. The van der Waals surface area contributed by atoms with Crippen LogP contribution in [0.4, 0.5) is 0 Å². The zero-order valence-corrected chi connectivity index (χ0v) is 27.1. The summed E-state index contributed by atoms with van der Waals surface area (Å²) >= 11 is 0. The van der Waals surface area contributed by atoms with Gasteiger partial charge < -0.3 is 35.2 Å². The van der Waals surface area contributed by atoms with E-state index in [1.165, 1.54) is 18.2 Å². The van der Waals surface area contributed by atoms with Crippen molar-refractivity contribution in [2.75, 3.05) is 13.7 Å². The van der Waals surface area contributed by atoms with Crippen LogP contribution in [0.2, 0.25) is 0 Å². The zero-order valence-electron chi connectivity index (χ0n) is 27.1. The molecule has 1 aromatic rings. The number of allylic oxidation sites excluding steroid dienone is 1. The van der Waals surface area contributed by atoms with Crippen LogP contribution in [0.3, 0.4) is 0 Å². The molecule has 3 fully saturated rings. The van der Waals surface area contributed by atoms with Gasteiger partial charge in [0.25, 0.3) is 0 Å². The van der Waals surface area contributed by atoms with E-state index in [-0.39, 0.29) is 72.6 Å². The second-order valence-corrected chi connectivity index (χ2v) is 14.2. The molecule has 12 heteroatoms. The lowest BCUT2D eigenvalue weighted by atomic mass is 9.45. The largest absolute Gasteiger partial charge is 0.504 e. The van der Waals surface area contributed by atoms with Gasteiger partial charge in [-0.15, -0.1) is 0 Å². The van der Waals surface area contributed by atoms with Gasteiger partial charge in [0.2, 0.25) is 11.7 Å². The summed E-state index contributed by atoms with van der Waals surface area (Å²) in [5.41, 5.74) is -1.47. The Bertz CT molecular complexity index is 1490. The summed E-state index contributed by atoms with van der Waals surface area (Å²) < 4.78 is 9.96. The minimum absolute atomic E-state index is 0.0199. The van der Waals surface area contributed by atoms with Crippen molar-refractivity contribution in [2.24, 2.45) is 28.6 Å². The van der Waals surface area contributed by atoms with Crippen LogP contribution in [-0.4, -0.2) is 81.3 Å². The summed E-state index contributed by atoms with van der Waals surface area (Å²) in [6.45, 7) is 3.31. The lowest BCUT2D eigenvalue weighted by Crippen LogP contribution is -2.62. The number of fused-ring (bicyclic) bond motifs is 5. The van der Waals surface area contributed by atoms with Crippen LogP contribution in [0.1, 0.15) is 77.2 Å². The molecule has 0 heterocycles. The Kier molecular flexibility index (Phi) is 9.58. The summed E-state index contributed by atoms with van der Waals surface area (Å²) in [5.74, 6) is -3.47. The predicted octanol–water partition coefficient (Wildman–Crippen LogP) is 2.42. The monoisotopic (exact) mass is 655 g/mol. The molecule has 256 valence electrons. The molecule has 5 N–H and O–H groups in total. The predicted molar refractivity (Wildman–Crippen MR) is 166 cm³/mol. The molecule has 0 aromatic heterocycles. The van der Waals surface area contributed by atoms with E-state index in [2.05, 4.69) is 12.2 Å². The summed E-state index contributed by atoms with van der Waals surface area (Å²) in [6.07, 6.45) is 3.87. The Morgan fingerprint density at radius 1 is 1.04 bits per heavy atom. The van der Waals surface area contributed by atoms with Crippen LogP contribution in [-0.2, 0) is 39.9 Å². The lowest BCUT2D eigenvalue weighted by molar-refractivity contribution is -0.184. The van der Waals surface area contributed by atoms with Crippen LogP contribution >= 0.6 is 0 Å². The number of phenols is 2. The number of hydrogen-bond acceptors (Lipinski definition) is 11. The number of carbonyl (C=O) groups excluding carboxylic acids is 5. The molecule has 47 heavy (non-hydrogen) atoms. The normalized spacial score (nSPS) is 33.4. The van der Waals surface area contributed by atoms with Gasteiger partial charge in [0, 0.05) is 24.7 Å². The molecule has 4 aliphatic carbocycles.